The lowest BCUT2D eigenvalue weighted by Gasteiger charge is -2.09. The fourth-order valence-electron chi connectivity index (χ4n) is 4.12. The number of aromatic amines is 1. The predicted molar refractivity (Wildman–Crippen MR) is 128 cm³/mol. The third-order valence-corrected chi connectivity index (χ3v) is 6.04. The van der Waals surface area contributed by atoms with Crippen molar-refractivity contribution in [3.8, 4) is 11.3 Å². The van der Waals surface area contributed by atoms with Gasteiger partial charge < -0.3 is 4.98 Å². The lowest BCUT2D eigenvalue weighted by molar-refractivity contribution is 0.795. The van der Waals surface area contributed by atoms with E-state index in [-0.39, 0.29) is 0 Å². The monoisotopic (exact) mass is 393 g/mol. The Balaban J connectivity index is 1.50. The topological polar surface area (TPSA) is 41.0 Å². The summed E-state index contributed by atoms with van der Waals surface area (Å²) < 4.78 is 0. The normalized spacial score (nSPS) is 14.2. The van der Waals surface area contributed by atoms with Crippen LogP contribution in [0, 0.1) is 5.92 Å². The first-order valence-electron chi connectivity index (χ1n) is 10.8. The Morgan fingerprint density at radius 2 is 1.43 bits per heavy atom. The Hall–Kier alpha value is -3.20. The molecule has 1 aliphatic heterocycles. The molecule has 3 nitrogen and oxygen atoms in total. The fourth-order valence-corrected chi connectivity index (χ4v) is 4.12. The molecule has 1 aliphatic rings. The summed E-state index contributed by atoms with van der Waals surface area (Å²) in [6.07, 6.45) is 4.94. The summed E-state index contributed by atoms with van der Waals surface area (Å²) in [7, 11) is 0. The van der Waals surface area contributed by atoms with Crippen molar-refractivity contribution < 1.29 is 0 Å². The fraction of sp³-hybridized carbons (Fsp3) is 0.259. The van der Waals surface area contributed by atoms with Gasteiger partial charge in [-0.2, -0.15) is 0 Å². The van der Waals surface area contributed by atoms with Gasteiger partial charge in [0.1, 0.15) is 5.82 Å². The number of rotatable bonds is 4. The number of aromatic nitrogens is 2. The standard InChI is InChI=1S/C27H27N3/c1-16(2)25-13-24(14-28-25)20-6-5-18-10-23-12-21(8-7-19(23)9-22(18)11-20)26-15-29-27(30-26)17(3)4/h5-12,14-17H,13H2,1-4H3,(H,29,30). The molecular weight excluding hydrogens is 366 g/mol. The molecule has 150 valence electrons. The zero-order chi connectivity index (χ0) is 20.8. The average Bonchev–Trinajstić information content (AvgIpc) is 3.41. The number of nitrogens with one attached hydrogen (secondary N) is 1. The summed E-state index contributed by atoms with van der Waals surface area (Å²) >= 11 is 0. The van der Waals surface area contributed by atoms with Crippen molar-refractivity contribution in [3.63, 3.8) is 0 Å². The quantitative estimate of drug-likeness (QED) is 0.362. The van der Waals surface area contributed by atoms with Crippen molar-refractivity contribution in [2.75, 3.05) is 0 Å². The zero-order valence-electron chi connectivity index (χ0n) is 18.0. The Kier molecular flexibility index (Phi) is 4.54. The molecule has 0 fully saturated rings. The molecule has 0 atom stereocenters. The van der Waals surface area contributed by atoms with Crippen LogP contribution in [0.5, 0.6) is 0 Å². The van der Waals surface area contributed by atoms with Gasteiger partial charge in [0.25, 0.3) is 0 Å². The van der Waals surface area contributed by atoms with Crippen molar-refractivity contribution in [2.45, 2.75) is 40.0 Å². The molecule has 4 aromatic rings. The maximum Gasteiger partial charge on any atom is 0.109 e. The van der Waals surface area contributed by atoms with Crippen molar-refractivity contribution in [1.82, 2.24) is 9.97 Å². The smallest absolute Gasteiger partial charge is 0.109 e. The summed E-state index contributed by atoms with van der Waals surface area (Å²) in [6, 6.07) is 18.0. The Bertz CT molecular complexity index is 1320. The molecule has 0 aliphatic carbocycles. The minimum absolute atomic E-state index is 0.398. The minimum atomic E-state index is 0.398. The number of benzene rings is 3. The van der Waals surface area contributed by atoms with Crippen LogP contribution < -0.4 is 0 Å². The molecule has 0 saturated carbocycles. The summed E-state index contributed by atoms with van der Waals surface area (Å²) in [5.74, 6) is 1.93. The van der Waals surface area contributed by atoms with Crippen LogP contribution >= 0.6 is 0 Å². The lowest BCUT2D eigenvalue weighted by Crippen LogP contribution is -2.04. The molecule has 1 N–H and O–H groups in total. The summed E-state index contributed by atoms with van der Waals surface area (Å²) in [6.45, 7) is 8.73. The van der Waals surface area contributed by atoms with Gasteiger partial charge in [-0.15, -0.1) is 0 Å². The summed E-state index contributed by atoms with van der Waals surface area (Å²) in [4.78, 5) is 12.6. The first-order chi connectivity index (χ1) is 14.5. The highest BCUT2D eigenvalue weighted by Gasteiger charge is 2.15. The van der Waals surface area contributed by atoms with E-state index in [9.17, 15) is 0 Å². The minimum Gasteiger partial charge on any atom is -0.342 e. The predicted octanol–water partition coefficient (Wildman–Crippen LogP) is 7.35. The van der Waals surface area contributed by atoms with Crippen LogP contribution in [0.3, 0.4) is 0 Å². The largest absolute Gasteiger partial charge is 0.342 e. The molecule has 3 heteroatoms. The van der Waals surface area contributed by atoms with Gasteiger partial charge in [0.15, 0.2) is 0 Å². The first kappa shape index (κ1) is 18.8. The van der Waals surface area contributed by atoms with Crippen LogP contribution in [0.2, 0.25) is 0 Å². The van der Waals surface area contributed by atoms with E-state index in [1.807, 2.05) is 12.4 Å². The molecule has 5 rings (SSSR count). The third kappa shape index (κ3) is 3.35. The molecule has 0 amide bonds. The van der Waals surface area contributed by atoms with Crippen LogP contribution in [0.1, 0.15) is 51.4 Å². The van der Waals surface area contributed by atoms with Crippen LogP contribution in [0.25, 0.3) is 38.4 Å². The number of allylic oxidation sites excluding steroid dienone is 1. The van der Waals surface area contributed by atoms with E-state index >= 15 is 0 Å². The number of aliphatic imine (C=N–C) groups is 1. The van der Waals surface area contributed by atoms with Gasteiger partial charge in [0.05, 0.1) is 11.9 Å². The zero-order valence-corrected chi connectivity index (χ0v) is 18.0. The maximum atomic E-state index is 4.62. The molecule has 3 aromatic carbocycles. The molecule has 0 spiro atoms. The number of hydrogen-bond acceptors (Lipinski definition) is 2. The SMILES string of the molecule is CC(C)C1=NC=C(c2ccc3cc4cc(-c5cnc(C(C)C)[nH]5)ccc4cc3c2)C1. The number of hydrogen-bond donors (Lipinski definition) is 1. The average molecular weight is 394 g/mol. The molecular formula is C27H27N3. The second kappa shape index (κ2) is 7.24. The van der Waals surface area contributed by atoms with E-state index in [4.69, 9.17) is 0 Å². The number of imidazole rings is 1. The highest BCUT2D eigenvalue weighted by atomic mass is 14.9. The van der Waals surface area contributed by atoms with Gasteiger partial charge >= 0.3 is 0 Å². The third-order valence-electron chi connectivity index (χ3n) is 6.04. The van der Waals surface area contributed by atoms with Gasteiger partial charge in [-0.1, -0.05) is 52.0 Å². The van der Waals surface area contributed by atoms with Crippen molar-refractivity contribution in [2.24, 2.45) is 10.9 Å². The molecule has 0 unspecified atom stereocenters. The summed E-state index contributed by atoms with van der Waals surface area (Å²) in [5.41, 5.74) is 6.11. The van der Waals surface area contributed by atoms with Crippen molar-refractivity contribution >= 4 is 32.8 Å². The first-order valence-corrected chi connectivity index (χ1v) is 10.8. The van der Waals surface area contributed by atoms with Gasteiger partial charge in [-0.25, -0.2) is 4.98 Å². The van der Waals surface area contributed by atoms with E-state index in [1.54, 1.807) is 0 Å². The molecule has 0 bridgehead atoms. The number of fused-ring (bicyclic) bond motifs is 2. The second-order valence-electron chi connectivity index (χ2n) is 8.92. The molecule has 30 heavy (non-hydrogen) atoms. The molecule has 0 saturated heterocycles. The number of nitrogens with zero attached hydrogens (tertiary/aromatic N) is 2. The van der Waals surface area contributed by atoms with Gasteiger partial charge in [-0.05, 0) is 62.9 Å². The lowest BCUT2D eigenvalue weighted by atomic mass is 9.95. The van der Waals surface area contributed by atoms with E-state index in [1.165, 1.54) is 44.0 Å². The molecule has 1 aromatic heterocycles. The molecule has 0 radical (unpaired) electrons. The van der Waals surface area contributed by atoms with E-state index < -0.39 is 0 Å². The van der Waals surface area contributed by atoms with Crippen LogP contribution in [-0.2, 0) is 0 Å². The van der Waals surface area contributed by atoms with Crippen LogP contribution in [0.4, 0.5) is 0 Å². The molecule has 2 heterocycles. The van der Waals surface area contributed by atoms with Gasteiger partial charge in [0, 0.05) is 29.8 Å². The van der Waals surface area contributed by atoms with Gasteiger partial charge in [-0.3, -0.25) is 4.99 Å². The van der Waals surface area contributed by atoms with Crippen molar-refractivity contribution in [1.29, 1.82) is 0 Å². The number of H-pyrrole nitrogens is 1. The Labute approximate surface area is 177 Å². The van der Waals surface area contributed by atoms with Crippen LogP contribution in [0.15, 0.2) is 65.9 Å². The van der Waals surface area contributed by atoms with E-state index in [0.29, 0.717) is 11.8 Å². The highest BCUT2D eigenvalue weighted by Crippen LogP contribution is 2.32. The highest BCUT2D eigenvalue weighted by molar-refractivity contribution is 6.03. The summed E-state index contributed by atoms with van der Waals surface area (Å²) in [5, 5.41) is 5.04. The van der Waals surface area contributed by atoms with E-state index in [2.05, 4.69) is 91.2 Å². The van der Waals surface area contributed by atoms with E-state index in [0.717, 1.165) is 17.9 Å². The maximum absolute atomic E-state index is 4.62. The Morgan fingerprint density at radius 1 is 0.767 bits per heavy atom. The second-order valence-corrected chi connectivity index (χ2v) is 8.92. The van der Waals surface area contributed by atoms with Crippen molar-refractivity contribution in [3.05, 3.63) is 72.3 Å². The Morgan fingerprint density at radius 3 is 2.03 bits per heavy atom. The van der Waals surface area contributed by atoms with Crippen LogP contribution in [-0.4, -0.2) is 15.7 Å². The van der Waals surface area contributed by atoms with Gasteiger partial charge in [0.2, 0.25) is 0 Å².